The molecule has 3 aromatic rings. The number of fused-ring (bicyclic) bond motifs is 1. The Morgan fingerprint density at radius 1 is 1.20 bits per heavy atom. The molecule has 1 aromatic carbocycles. The van der Waals surface area contributed by atoms with Crippen LogP contribution in [0, 0.1) is 12.5 Å². The third-order valence-corrected chi connectivity index (χ3v) is 2.74. The molecule has 0 aliphatic rings. The topological polar surface area (TPSA) is 72.7 Å². The van der Waals surface area contributed by atoms with Gasteiger partial charge >= 0.3 is 0 Å². The van der Waals surface area contributed by atoms with E-state index < -0.39 is 0 Å². The van der Waals surface area contributed by atoms with Gasteiger partial charge in [-0.05, 0) is 12.1 Å². The number of aromatic nitrogens is 4. The third-order valence-electron chi connectivity index (χ3n) is 2.74. The van der Waals surface area contributed by atoms with E-state index in [2.05, 4.69) is 26.3 Å². The summed E-state index contributed by atoms with van der Waals surface area (Å²) in [6, 6.07) is 11.3. The first-order chi connectivity index (χ1) is 9.79. The molecular weight excluding hydrogens is 254 g/mol. The van der Waals surface area contributed by atoms with Crippen molar-refractivity contribution in [3.8, 4) is 12.5 Å². The van der Waals surface area contributed by atoms with Crippen molar-refractivity contribution in [1.82, 2.24) is 19.5 Å². The molecule has 20 heavy (non-hydrogen) atoms. The van der Waals surface area contributed by atoms with E-state index in [1.54, 1.807) is 24.3 Å². The number of carbonyl (C=O) groups excluding carboxylic acids is 1. The summed E-state index contributed by atoms with van der Waals surface area (Å²) in [5.41, 5.74) is 1.47. The summed E-state index contributed by atoms with van der Waals surface area (Å²) < 4.78 is 1.43. The van der Waals surface area contributed by atoms with Gasteiger partial charge in [-0.3, -0.25) is 4.79 Å². The number of hydrogen-bond acceptors (Lipinski definition) is 4. The molecule has 3 rings (SSSR count). The summed E-state index contributed by atoms with van der Waals surface area (Å²) in [4.78, 5) is 24.3. The summed E-state index contributed by atoms with van der Waals surface area (Å²) in [6.45, 7) is 0. The van der Waals surface area contributed by atoms with E-state index in [0.717, 1.165) is 0 Å². The Bertz CT molecular complexity index is 816. The molecule has 0 bridgehead atoms. The predicted octanol–water partition coefficient (Wildman–Crippen LogP) is 1.52. The van der Waals surface area contributed by atoms with E-state index in [1.165, 1.54) is 17.2 Å². The van der Waals surface area contributed by atoms with Gasteiger partial charge in [0.25, 0.3) is 5.91 Å². The molecule has 2 heterocycles. The largest absolute Gasteiger partial charge is 0.305 e. The van der Waals surface area contributed by atoms with E-state index in [1.807, 2.05) is 6.07 Å². The van der Waals surface area contributed by atoms with Crippen molar-refractivity contribution >= 4 is 22.9 Å². The number of terminal acetylenes is 1. The minimum atomic E-state index is -0.263. The van der Waals surface area contributed by atoms with Crippen LogP contribution < -0.4 is 5.32 Å². The fraction of sp³-hybridized carbons (Fsp3) is 0. The molecule has 2 aromatic heterocycles. The third kappa shape index (κ3) is 1.97. The SMILES string of the molecule is C#Cn1cnc2c(NC(=O)c3ccccc3)ncnc21. The van der Waals surface area contributed by atoms with Gasteiger partial charge in [0, 0.05) is 11.6 Å². The molecule has 0 saturated heterocycles. The number of nitrogens with zero attached hydrogens (tertiary/aromatic N) is 4. The molecule has 0 saturated carbocycles. The molecule has 6 nitrogen and oxygen atoms in total. The molecule has 6 heteroatoms. The summed E-state index contributed by atoms with van der Waals surface area (Å²) in [7, 11) is 0. The molecular formula is C14H9N5O. The summed E-state index contributed by atoms with van der Waals surface area (Å²) >= 11 is 0. The van der Waals surface area contributed by atoms with Crippen molar-refractivity contribution in [3.63, 3.8) is 0 Å². The average Bonchev–Trinajstić information content (AvgIpc) is 2.92. The Morgan fingerprint density at radius 2 is 2.00 bits per heavy atom. The minimum absolute atomic E-state index is 0.263. The number of anilines is 1. The Kier molecular flexibility index (Phi) is 2.86. The van der Waals surface area contributed by atoms with Crippen molar-refractivity contribution < 1.29 is 4.79 Å². The smallest absolute Gasteiger partial charge is 0.256 e. The van der Waals surface area contributed by atoms with Gasteiger partial charge in [-0.15, -0.1) is 0 Å². The zero-order valence-corrected chi connectivity index (χ0v) is 10.3. The van der Waals surface area contributed by atoms with Crippen molar-refractivity contribution in [2.24, 2.45) is 0 Å². The predicted molar refractivity (Wildman–Crippen MR) is 73.9 cm³/mol. The summed E-state index contributed by atoms with van der Waals surface area (Å²) in [5, 5.41) is 2.70. The Labute approximate surface area is 114 Å². The molecule has 96 valence electrons. The standard InChI is InChI=1S/C14H9N5O/c1-2-19-9-17-11-12(15-8-16-13(11)19)18-14(20)10-6-4-3-5-7-10/h1,3-9H,(H,15,16,18,20). The molecule has 1 N–H and O–H groups in total. The van der Waals surface area contributed by atoms with Crippen LogP contribution in [0.3, 0.4) is 0 Å². The lowest BCUT2D eigenvalue weighted by molar-refractivity contribution is 0.102. The van der Waals surface area contributed by atoms with Crippen LogP contribution in [0.1, 0.15) is 10.4 Å². The number of imidazole rings is 1. The van der Waals surface area contributed by atoms with Crippen LogP contribution in [-0.2, 0) is 0 Å². The number of nitrogens with one attached hydrogen (secondary N) is 1. The lowest BCUT2D eigenvalue weighted by Crippen LogP contribution is -2.13. The van der Waals surface area contributed by atoms with Gasteiger partial charge < -0.3 is 5.32 Å². The van der Waals surface area contributed by atoms with Crippen LogP contribution in [0.2, 0.25) is 0 Å². The van der Waals surface area contributed by atoms with Crippen LogP contribution in [0.15, 0.2) is 43.0 Å². The quantitative estimate of drug-likeness (QED) is 0.711. The van der Waals surface area contributed by atoms with Crippen molar-refractivity contribution in [1.29, 1.82) is 0 Å². The highest BCUT2D eigenvalue weighted by atomic mass is 16.1. The van der Waals surface area contributed by atoms with Gasteiger partial charge in [0.2, 0.25) is 0 Å². The molecule has 0 fully saturated rings. The van der Waals surface area contributed by atoms with Crippen LogP contribution in [0.4, 0.5) is 5.82 Å². The maximum atomic E-state index is 12.1. The van der Waals surface area contributed by atoms with Crippen molar-refractivity contribution in [2.45, 2.75) is 0 Å². The molecule has 0 radical (unpaired) electrons. The van der Waals surface area contributed by atoms with Crippen LogP contribution in [-0.4, -0.2) is 25.4 Å². The van der Waals surface area contributed by atoms with E-state index in [0.29, 0.717) is 22.5 Å². The first kappa shape index (κ1) is 11.9. The Balaban J connectivity index is 1.98. The van der Waals surface area contributed by atoms with E-state index in [-0.39, 0.29) is 5.91 Å². The Morgan fingerprint density at radius 3 is 2.75 bits per heavy atom. The van der Waals surface area contributed by atoms with Gasteiger partial charge in [-0.25, -0.2) is 19.5 Å². The molecule has 1 amide bonds. The Hall–Kier alpha value is -3.20. The summed E-state index contributed by atoms with van der Waals surface area (Å²) in [6.07, 6.45) is 8.12. The average molecular weight is 263 g/mol. The highest BCUT2D eigenvalue weighted by Crippen LogP contribution is 2.17. The van der Waals surface area contributed by atoms with Crippen LogP contribution in [0.25, 0.3) is 11.2 Å². The van der Waals surface area contributed by atoms with E-state index in [9.17, 15) is 4.79 Å². The molecule has 0 unspecified atom stereocenters. The highest BCUT2D eigenvalue weighted by Gasteiger charge is 2.12. The second kappa shape index (κ2) is 4.82. The highest BCUT2D eigenvalue weighted by molar-refractivity contribution is 6.06. The molecule has 0 aliphatic heterocycles. The molecule has 0 atom stereocenters. The second-order valence-electron chi connectivity index (χ2n) is 3.96. The number of benzene rings is 1. The zero-order chi connectivity index (χ0) is 13.9. The van der Waals surface area contributed by atoms with Gasteiger partial charge in [0.1, 0.15) is 12.7 Å². The molecule has 0 aliphatic carbocycles. The van der Waals surface area contributed by atoms with E-state index >= 15 is 0 Å². The normalized spacial score (nSPS) is 10.2. The minimum Gasteiger partial charge on any atom is -0.305 e. The number of carbonyl (C=O) groups is 1. The summed E-state index contributed by atoms with van der Waals surface area (Å²) in [5.74, 6) is 0.0683. The number of amides is 1. The second-order valence-corrected chi connectivity index (χ2v) is 3.96. The maximum Gasteiger partial charge on any atom is 0.256 e. The van der Waals surface area contributed by atoms with Crippen molar-refractivity contribution in [3.05, 3.63) is 48.5 Å². The lowest BCUT2D eigenvalue weighted by Gasteiger charge is -2.04. The monoisotopic (exact) mass is 263 g/mol. The number of rotatable bonds is 2. The van der Waals surface area contributed by atoms with Crippen molar-refractivity contribution in [2.75, 3.05) is 5.32 Å². The van der Waals surface area contributed by atoms with E-state index in [4.69, 9.17) is 6.42 Å². The first-order valence-electron chi connectivity index (χ1n) is 5.80. The van der Waals surface area contributed by atoms with Crippen LogP contribution in [0.5, 0.6) is 0 Å². The first-order valence-corrected chi connectivity index (χ1v) is 5.80. The van der Waals surface area contributed by atoms with Gasteiger partial charge in [0.15, 0.2) is 17.0 Å². The van der Waals surface area contributed by atoms with Gasteiger partial charge in [-0.2, -0.15) is 0 Å². The fourth-order valence-electron chi connectivity index (χ4n) is 1.79. The fourth-order valence-corrected chi connectivity index (χ4v) is 1.79. The van der Waals surface area contributed by atoms with Gasteiger partial charge in [0.05, 0.1) is 0 Å². The molecule has 0 spiro atoms. The number of hydrogen-bond donors (Lipinski definition) is 1. The zero-order valence-electron chi connectivity index (χ0n) is 10.3. The maximum absolute atomic E-state index is 12.1. The lowest BCUT2D eigenvalue weighted by atomic mass is 10.2. The van der Waals surface area contributed by atoms with Gasteiger partial charge in [-0.1, -0.05) is 24.6 Å². The van der Waals surface area contributed by atoms with Crippen LogP contribution >= 0.6 is 0 Å².